The van der Waals surface area contributed by atoms with Crippen LogP contribution in [0.5, 0.6) is 0 Å². The van der Waals surface area contributed by atoms with Gasteiger partial charge in [0.05, 0.1) is 23.1 Å². The lowest BCUT2D eigenvalue weighted by atomic mass is 10.1. The normalized spacial score (nSPS) is 9.88. The number of rotatable bonds is 3. The van der Waals surface area contributed by atoms with Crippen molar-refractivity contribution in [1.82, 2.24) is 0 Å². The summed E-state index contributed by atoms with van der Waals surface area (Å²) < 4.78 is 4.77. The third-order valence-electron chi connectivity index (χ3n) is 2.19. The number of hydrogen-bond acceptors (Lipinski definition) is 3. The van der Waals surface area contributed by atoms with Crippen molar-refractivity contribution in [2.75, 3.05) is 5.32 Å². The molecule has 0 aliphatic heterocycles. The average molecular weight is 231 g/mol. The Morgan fingerprint density at radius 2 is 1.94 bits per heavy atom. The summed E-state index contributed by atoms with van der Waals surface area (Å²) in [7, 11) is 0. The van der Waals surface area contributed by atoms with Crippen LogP contribution in [-0.4, -0.2) is 17.0 Å². The Bertz CT molecular complexity index is 545. The number of nitrogens with one attached hydrogen (secondary N) is 1. The third kappa shape index (κ3) is 2.34. The number of benzene rings is 1. The van der Waals surface area contributed by atoms with Crippen LogP contribution < -0.4 is 5.32 Å². The maximum absolute atomic E-state index is 11.7. The summed E-state index contributed by atoms with van der Waals surface area (Å²) in [6.45, 7) is 0. The van der Waals surface area contributed by atoms with Gasteiger partial charge in [-0.25, -0.2) is 4.79 Å². The Morgan fingerprint density at radius 1 is 1.18 bits per heavy atom. The summed E-state index contributed by atoms with van der Waals surface area (Å²) in [5, 5.41) is 11.5. The molecule has 5 nitrogen and oxygen atoms in total. The Morgan fingerprint density at radius 3 is 2.59 bits per heavy atom. The predicted octanol–water partition coefficient (Wildman–Crippen LogP) is 2.23. The maximum Gasteiger partial charge on any atom is 0.337 e. The van der Waals surface area contributed by atoms with E-state index in [2.05, 4.69) is 5.32 Å². The summed E-state index contributed by atoms with van der Waals surface area (Å²) in [4.78, 5) is 22.6. The second kappa shape index (κ2) is 4.52. The molecule has 5 heteroatoms. The Hall–Kier alpha value is -2.56. The fourth-order valence-corrected chi connectivity index (χ4v) is 1.37. The van der Waals surface area contributed by atoms with Gasteiger partial charge in [-0.15, -0.1) is 0 Å². The molecule has 0 bridgehead atoms. The van der Waals surface area contributed by atoms with Crippen molar-refractivity contribution in [3.63, 3.8) is 0 Å². The van der Waals surface area contributed by atoms with E-state index in [0.717, 1.165) is 0 Å². The number of amides is 1. The van der Waals surface area contributed by atoms with Gasteiger partial charge >= 0.3 is 5.97 Å². The number of para-hydroxylation sites is 1. The highest BCUT2D eigenvalue weighted by atomic mass is 16.4. The van der Waals surface area contributed by atoms with Crippen LogP contribution in [0.15, 0.2) is 47.3 Å². The molecular weight excluding hydrogens is 222 g/mol. The molecule has 2 N–H and O–H groups in total. The number of anilines is 1. The molecule has 2 aromatic rings. The molecule has 1 aromatic carbocycles. The Balaban J connectivity index is 2.25. The van der Waals surface area contributed by atoms with Gasteiger partial charge in [-0.3, -0.25) is 4.79 Å². The molecule has 0 radical (unpaired) electrons. The van der Waals surface area contributed by atoms with Crippen LogP contribution in [0.25, 0.3) is 0 Å². The smallest absolute Gasteiger partial charge is 0.337 e. The van der Waals surface area contributed by atoms with Crippen molar-refractivity contribution in [1.29, 1.82) is 0 Å². The lowest BCUT2D eigenvalue weighted by Gasteiger charge is -2.06. The number of hydrogen-bond donors (Lipinski definition) is 2. The number of carboxylic acid groups (broad SMARTS) is 1. The van der Waals surface area contributed by atoms with Crippen LogP contribution >= 0.6 is 0 Å². The van der Waals surface area contributed by atoms with Gasteiger partial charge in [-0.2, -0.15) is 0 Å². The number of aromatic carboxylic acids is 1. The van der Waals surface area contributed by atoms with E-state index in [4.69, 9.17) is 9.52 Å². The first kappa shape index (κ1) is 10.9. The minimum atomic E-state index is -1.09. The van der Waals surface area contributed by atoms with Crippen molar-refractivity contribution in [3.8, 4) is 0 Å². The van der Waals surface area contributed by atoms with E-state index in [1.54, 1.807) is 12.1 Å². The molecule has 0 fully saturated rings. The third-order valence-corrected chi connectivity index (χ3v) is 2.19. The molecule has 2 rings (SSSR count). The minimum absolute atomic E-state index is 0.0457. The van der Waals surface area contributed by atoms with E-state index in [9.17, 15) is 9.59 Å². The van der Waals surface area contributed by atoms with Crippen molar-refractivity contribution in [2.24, 2.45) is 0 Å². The highest BCUT2D eigenvalue weighted by Gasteiger charge is 2.13. The lowest BCUT2D eigenvalue weighted by Crippen LogP contribution is -2.13. The molecule has 0 atom stereocenters. The van der Waals surface area contributed by atoms with Gasteiger partial charge in [0.2, 0.25) is 0 Å². The van der Waals surface area contributed by atoms with Gasteiger partial charge < -0.3 is 14.8 Å². The first-order chi connectivity index (χ1) is 8.18. The molecular formula is C12H9NO4. The summed E-state index contributed by atoms with van der Waals surface area (Å²) in [5.41, 5.74) is 0.640. The van der Waals surface area contributed by atoms with Crippen molar-refractivity contribution in [3.05, 3.63) is 54.0 Å². The Kier molecular flexibility index (Phi) is 2.91. The minimum Gasteiger partial charge on any atom is -0.478 e. The largest absolute Gasteiger partial charge is 0.478 e. The van der Waals surface area contributed by atoms with Gasteiger partial charge in [-0.1, -0.05) is 12.1 Å². The molecule has 0 saturated carbocycles. The van der Waals surface area contributed by atoms with Crippen molar-refractivity contribution < 1.29 is 19.1 Å². The van der Waals surface area contributed by atoms with Gasteiger partial charge in [0.15, 0.2) is 0 Å². The van der Waals surface area contributed by atoms with Gasteiger partial charge in [0, 0.05) is 0 Å². The van der Waals surface area contributed by atoms with E-state index in [0.29, 0.717) is 5.56 Å². The van der Waals surface area contributed by atoms with Gasteiger partial charge in [0.1, 0.15) is 6.26 Å². The first-order valence-electron chi connectivity index (χ1n) is 4.84. The highest BCUT2D eigenvalue weighted by Crippen LogP contribution is 2.16. The molecule has 0 unspecified atom stereocenters. The van der Waals surface area contributed by atoms with Crippen LogP contribution in [0.4, 0.5) is 5.69 Å². The lowest BCUT2D eigenvalue weighted by molar-refractivity contribution is 0.0698. The zero-order valence-electron chi connectivity index (χ0n) is 8.71. The quantitative estimate of drug-likeness (QED) is 0.848. The van der Waals surface area contributed by atoms with Crippen LogP contribution in [0.3, 0.4) is 0 Å². The van der Waals surface area contributed by atoms with E-state index in [1.807, 2.05) is 0 Å². The zero-order chi connectivity index (χ0) is 12.3. The average Bonchev–Trinajstić information content (AvgIpc) is 2.83. The number of furan rings is 1. The number of carboxylic acids is 1. The Labute approximate surface area is 96.7 Å². The van der Waals surface area contributed by atoms with Crippen molar-refractivity contribution >= 4 is 17.6 Å². The van der Waals surface area contributed by atoms with Crippen LogP contribution in [0, 0.1) is 0 Å². The van der Waals surface area contributed by atoms with Crippen LogP contribution in [0.2, 0.25) is 0 Å². The molecule has 1 aromatic heterocycles. The fraction of sp³-hybridized carbons (Fsp3) is 0. The summed E-state index contributed by atoms with van der Waals surface area (Å²) >= 11 is 0. The van der Waals surface area contributed by atoms with E-state index < -0.39 is 11.9 Å². The summed E-state index contributed by atoms with van der Waals surface area (Å²) in [5.74, 6) is -1.50. The topological polar surface area (TPSA) is 79.5 Å². The molecule has 0 spiro atoms. The highest BCUT2D eigenvalue weighted by molar-refractivity contribution is 6.07. The zero-order valence-corrected chi connectivity index (χ0v) is 8.71. The first-order valence-corrected chi connectivity index (χ1v) is 4.84. The van der Waals surface area contributed by atoms with Crippen LogP contribution in [-0.2, 0) is 0 Å². The number of carbonyl (C=O) groups excluding carboxylic acids is 1. The predicted molar refractivity (Wildman–Crippen MR) is 60.1 cm³/mol. The molecule has 17 heavy (non-hydrogen) atoms. The van der Waals surface area contributed by atoms with E-state index in [-0.39, 0.29) is 11.3 Å². The molecule has 1 heterocycles. The van der Waals surface area contributed by atoms with Crippen LogP contribution in [0.1, 0.15) is 20.7 Å². The van der Waals surface area contributed by atoms with E-state index >= 15 is 0 Å². The SMILES string of the molecule is O=C(Nc1ccccc1C(=O)O)c1ccoc1. The second-order valence-electron chi connectivity index (χ2n) is 3.32. The number of carbonyl (C=O) groups is 2. The van der Waals surface area contributed by atoms with Crippen molar-refractivity contribution in [2.45, 2.75) is 0 Å². The van der Waals surface area contributed by atoms with Gasteiger partial charge in [-0.05, 0) is 18.2 Å². The van der Waals surface area contributed by atoms with E-state index in [1.165, 1.54) is 30.7 Å². The molecule has 1 amide bonds. The summed E-state index contributed by atoms with van der Waals surface area (Å²) in [6.07, 6.45) is 2.66. The summed E-state index contributed by atoms with van der Waals surface area (Å²) in [6, 6.07) is 7.70. The fourth-order valence-electron chi connectivity index (χ4n) is 1.37. The molecule has 86 valence electrons. The second-order valence-corrected chi connectivity index (χ2v) is 3.32. The molecule has 0 aliphatic rings. The maximum atomic E-state index is 11.7. The standard InChI is InChI=1S/C12H9NO4/c14-11(8-5-6-17-7-8)13-10-4-2-1-3-9(10)12(15)16/h1-7H,(H,13,14)(H,15,16). The van der Waals surface area contributed by atoms with Gasteiger partial charge in [0.25, 0.3) is 5.91 Å². The molecule has 0 aliphatic carbocycles. The molecule has 0 saturated heterocycles. The monoisotopic (exact) mass is 231 g/mol.